The number of rotatable bonds is 5. The van der Waals surface area contributed by atoms with Gasteiger partial charge in [0.25, 0.3) is 0 Å². The van der Waals surface area contributed by atoms with Crippen LogP contribution in [-0.2, 0) is 19.1 Å². The van der Waals surface area contributed by atoms with Crippen LogP contribution in [0.5, 0.6) is 0 Å². The maximum atomic E-state index is 10.7. The number of primary amides is 1. The summed E-state index contributed by atoms with van der Waals surface area (Å²) in [6, 6.07) is 0. The smallest absolute Gasteiger partial charge is 0.304 e. The van der Waals surface area contributed by atoms with E-state index < -0.39 is 24.3 Å². The van der Waals surface area contributed by atoms with Gasteiger partial charge in [-0.2, -0.15) is 0 Å². The Hall–Kier alpha value is -1.10. The van der Waals surface area contributed by atoms with Gasteiger partial charge in [0, 0.05) is 6.92 Å². The lowest BCUT2D eigenvalue weighted by Crippen LogP contribution is -2.34. The number of carbonyl (C=O) groups excluding carboxylic acids is 2. The first-order valence-corrected chi connectivity index (χ1v) is 4.09. The first-order chi connectivity index (χ1) is 5.97. The average molecular weight is 189 g/mol. The van der Waals surface area contributed by atoms with Crippen molar-refractivity contribution in [3.8, 4) is 0 Å². The standard InChI is InChI=1S/C8H15NO4/c1-4-7(8(9)11)13-6(3)12-5(2)10/h6-7H,4H2,1-3H3,(H2,9,11). The Morgan fingerprint density at radius 1 is 1.46 bits per heavy atom. The fraction of sp³-hybridized carbons (Fsp3) is 0.750. The van der Waals surface area contributed by atoms with Gasteiger partial charge in [0.1, 0.15) is 6.10 Å². The van der Waals surface area contributed by atoms with Crippen molar-refractivity contribution in [2.24, 2.45) is 5.73 Å². The van der Waals surface area contributed by atoms with Crippen molar-refractivity contribution in [1.29, 1.82) is 0 Å². The van der Waals surface area contributed by atoms with E-state index in [9.17, 15) is 9.59 Å². The molecule has 2 unspecified atom stereocenters. The second-order valence-electron chi connectivity index (χ2n) is 2.61. The normalized spacial score (nSPS) is 14.7. The fourth-order valence-corrected chi connectivity index (χ4v) is 0.857. The summed E-state index contributed by atoms with van der Waals surface area (Å²) in [6.45, 7) is 4.56. The molecule has 0 heterocycles. The summed E-state index contributed by atoms with van der Waals surface area (Å²) in [6.07, 6.45) is -0.981. The van der Waals surface area contributed by atoms with E-state index in [2.05, 4.69) is 4.74 Å². The molecule has 0 fully saturated rings. The summed E-state index contributed by atoms with van der Waals surface area (Å²) in [5.74, 6) is -1.01. The van der Waals surface area contributed by atoms with E-state index in [1.807, 2.05) is 0 Å². The molecule has 0 aliphatic heterocycles. The maximum Gasteiger partial charge on any atom is 0.304 e. The number of hydrogen-bond acceptors (Lipinski definition) is 4. The van der Waals surface area contributed by atoms with E-state index in [1.54, 1.807) is 6.92 Å². The highest BCUT2D eigenvalue weighted by molar-refractivity contribution is 5.78. The van der Waals surface area contributed by atoms with E-state index >= 15 is 0 Å². The molecule has 1 amide bonds. The van der Waals surface area contributed by atoms with Crippen LogP contribution >= 0.6 is 0 Å². The topological polar surface area (TPSA) is 78.6 Å². The molecule has 0 aliphatic carbocycles. The largest absolute Gasteiger partial charge is 0.436 e. The lowest BCUT2D eigenvalue weighted by atomic mass is 10.3. The number of hydrogen-bond donors (Lipinski definition) is 1. The molecule has 2 atom stereocenters. The predicted octanol–water partition coefficient (Wildman–Crippen LogP) is 0.176. The first kappa shape index (κ1) is 11.9. The predicted molar refractivity (Wildman–Crippen MR) is 45.6 cm³/mol. The lowest BCUT2D eigenvalue weighted by molar-refractivity contribution is -0.185. The number of amides is 1. The molecule has 76 valence electrons. The molecule has 0 spiro atoms. The molecule has 5 heteroatoms. The van der Waals surface area contributed by atoms with Crippen LogP contribution in [0.25, 0.3) is 0 Å². The summed E-state index contributed by atoms with van der Waals surface area (Å²) >= 11 is 0. The molecule has 0 saturated carbocycles. The van der Waals surface area contributed by atoms with Crippen molar-refractivity contribution in [3.05, 3.63) is 0 Å². The lowest BCUT2D eigenvalue weighted by Gasteiger charge is -2.18. The second kappa shape index (κ2) is 5.53. The number of nitrogens with two attached hydrogens (primary N) is 1. The highest BCUT2D eigenvalue weighted by Gasteiger charge is 2.17. The molecule has 13 heavy (non-hydrogen) atoms. The highest BCUT2D eigenvalue weighted by atomic mass is 16.7. The highest BCUT2D eigenvalue weighted by Crippen LogP contribution is 2.03. The number of carbonyl (C=O) groups is 2. The van der Waals surface area contributed by atoms with E-state index in [-0.39, 0.29) is 0 Å². The Balaban J connectivity index is 3.93. The van der Waals surface area contributed by atoms with E-state index in [4.69, 9.17) is 10.5 Å². The van der Waals surface area contributed by atoms with Crippen LogP contribution in [0.15, 0.2) is 0 Å². The summed E-state index contributed by atoms with van der Waals surface area (Å²) in [4.78, 5) is 21.2. The van der Waals surface area contributed by atoms with Crippen LogP contribution in [0.1, 0.15) is 27.2 Å². The fourth-order valence-electron chi connectivity index (χ4n) is 0.857. The van der Waals surface area contributed by atoms with Crippen molar-refractivity contribution in [2.75, 3.05) is 0 Å². The molecule has 0 aromatic rings. The van der Waals surface area contributed by atoms with Gasteiger partial charge in [0.15, 0.2) is 0 Å². The third-order valence-corrected chi connectivity index (χ3v) is 1.38. The van der Waals surface area contributed by atoms with Gasteiger partial charge >= 0.3 is 5.97 Å². The molecule has 0 bridgehead atoms. The second-order valence-corrected chi connectivity index (χ2v) is 2.61. The Morgan fingerprint density at radius 3 is 2.31 bits per heavy atom. The monoisotopic (exact) mass is 189 g/mol. The Morgan fingerprint density at radius 2 is 2.00 bits per heavy atom. The van der Waals surface area contributed by atoms with Crippen LogP contribution in [0.4, 0.5) is 0 Å². The van der Waals surface area contributed by atoms with Gasteiger partial charge in [-0.15, -0.1) is 0 Å². The van der Waals surface area contributed by atoms with E-state index in [1.165, 1.54) is 13.8 Å². The molecule has 5 nitrogen and oxygen atoms in total. The molecule has 0 saturated heterocycles. The maximum absolute atomic E-state index is 10.7. The van der Waals surface area contributed by atoms with Crippen LogP contribution in [0.2, 0.25) is 0 Å². The summed E-state index contributed by atoms with van der Waals surface area (Å²) in [5, 5.41) is 0. The van der Waals surface area contributed by atoms with Crippen LogP contribution in [0, 0.1) is 0 Å². The third kappa shape index (κ3) is 5.19. The van der Waals surface area contributed by atoms with Gasteiger partial charge in [-0.1, -0.05) is 6.92 Å². The van der Waals surface area contributed by atoms with Crippen molar-refractivity contribution in [2.45, 2.75) is 39.6 Å². The van der Waals surface area contributed by atoms with Crippen LogP contribution in [0.3, 0.4) is 0 Å². The Kier molecular flexibility index (Phi) is 5.06. The number of ether oxygens (including phenoxy) is 2. The van der Waals surface area contributed by atoms with Gasteiger partial charge < -0.3 is 15.2 Å². The Bertz CT molecular complexity index is 193. The van der Waals surface area contributed by atoms with Gasteiger partial charge in [-0.05, 0) is 13.3 Å². The minimum Gasteiger partial charge on any atom is -0.436 e. The minimum atomic E-state index is -0.741. The Labute approximate surface area is 77.2 Å². The summed E-state index contributed by atoms with van der Waals surface area (Å²) in [7, 11) is 0. The molecule has 0 aliphatic rings. The zero-order chi connectivity index (χ0) is 10.4. The molecule has 2 N–H and O–H groups in total. The van der Waals surface area contributed by atoms with Crippen LogP contribution in [-0.4, -0.2) is 24.3 Å². The third-order valence-electron chi connectivity index (χ3n) is 1.38. The summed E-state index contributed by atoms with van der Waals surface area (Å²) in [5.41, 5.74) is 5.02. The molecule has 0 radical (unpaired) electrons. The van der Waals surface area contributed by atoms with Crippen molar-refractivity contribution in [1.82, 2.24) is 0 Å². The average Bonchev–Trinajstić information content (AvgIpc) is 1.98. The molecule has 0 aromatic heterocycles. The molecule has 0 aromatic carbocycles. The van der Waals surface area contributed by atoms with Crippen molar-refractivity contribution in [3.63, 3.8) is 0 Å². The zero-order valence-corrected chi connectivity index (χ0v) is 8.07. The van der Waals surface area contributed by atoms with Gasteiger partial charge in [-0.25, -0.2) is 0 Å². The van der Waals surface area contributed by atoms with Crippen molar-refractivity contribution >= 4 is 11.9 Å². The van der Waals surface area contributed by atoms with E-state index in [0.29, 0.717) is 6.42 Å². The molecular formula is C8H15NO4. The van der Waals surface area contributed by atoms with Gasteiger partial charge in [0.2, 0.25) is 12.2 Å². The quantitative estimate of drug-likeness (QED) is 0.494. The molecular weight excluding hydrogens is 174 g/mol. The summed E-state index contributed by atoms with van der Waals surface area (Å²) < 4.78 is 9.72. The molecule has 0 rings (SSSR count). The van der Waals surface area contributed by atoms with E-state index in [0.717, 1.165) is 0 Å². The minimum absolute atomic E-state index is 0.452. The number of esters is 1. The van der Waals surface area contributed by atoms with Crippen molar-refractivity contribution < 1.29 is 19.1 Å². The first-order valence-electron chi connectivity index (χ1n) is 4.09. The van der Waals surface area contributed by atoms with Gasteiger partial charge in [-0.3, -0.25) is 9.59 Å². The SMILES string of the molecule is CCC(OC(C)OC(C)=O)C(N)=O. The van der Waals surface area contributed by atoms with Crippen LogP contribution < -0.4 is 5.73 Å². The zero-order valence-electron chi connectivity index (χ0n) is 8.07. The van der Waals surface area contributed by atoms with Gasteiger partial charge in [0.05, 0.1) is 0 Å².